The topological polar surface area (TPSA) is 94.0 Å². The summed E-state index contributed by atoms with van der Waals surface area (Å²) in [5.74, 6) is -1.06. The highest BCUT2D eigenvalue weighted by atomic mass is 16.4. The van der Waals surface area contributed by atoms with Crippen LogP contribution in [0.25, 0.3) is 0 Å². The molecule has 0 atom stereocenters. The van der Waals surface area contributed by atoms with Gasteiger partial charge in [-0.2, -0.15) is 0 Å². The molecule has 3 N–H and O–H groups in total. The smallest absolute Gasteiger partial charge is 0.358 e. The zero-order valence-corrected chi connectivity index (χ0v) is 11.6. The van der Waals surface area contributed by atoms with Gasteiger partial charge >= 0.3 is 5.97 Å². The zero-order chi connectivity index (χ0) is 14.1. The Bertz CT molecular complexity index is 390. The van der Waals surface area contributed by atoms with Crippen LogP contribution in [0.3, 0.4) is 0 Å². The second-order valence-electron chi connectivity index (χ2n) is 4.74. The molecule has 0 fully saturated rings. The van der Waals surface area contributed by atoms with Crippen molar-refractivity contribution >= 4 is 5.97 Å². The molecule has 1 heterocycles. The molecule has 0 saturated heterocycles. The largest absolute Gasteiger partial charge is 0.476 e. The molecule has 1 aromatic rings. The van der Waals surface area contributed by atoms with E-state index in [0.717, 1.165) is 12.8 Å². The van der Waals surface area contributed by atoms with Crippen molar-refractivity contribution in [1.82, 2.24) is 15.0 Å². The second kappa shape index (κ2) is 8.63. The van der Waals surface area contributed by atoms with Crippen LogP contribution in [-0.4, -0.2) is 26.1 Å². The number of hydrogen-bond acceptors (Lipinski definition) is 4. The van der Waals surface area contributed by atoms with Crippen LogP contribution in [0.5, 0.6) is 0 Å². The van der Waals surface area contributed by atoms with Gasteiger partial charge in [0.25, 0.3) is 0 Å². The molecule has 0 aliphatic carbocycles. The fraction of sp³-hybridized carbons (Fsp3) is 0.769. The first-order valence-corrected chi connectivity index (χ1v) is 7.06. The van der Waals surface area contributed by atoms with E-state index in [1.54, 1.807) is 4.68 Å². The van der Waals surface area contributed by atoms with Gasteiger partial charge < -0.3 is 10.8 Å². The van der Waals surface area contributed by atoms with Gasteiger partial charge in [0.1, 0.15) is 0 Å². The molecule has 0 amide bonds. The quantitative estimate of drug-likeness (QED) is 0.634. The zero-order valence-electron chi connectivity index (χ0n) is 11.6. The molecule has 19 heavy (non-hydrogen) atoms. The Morgan fingerprint density at radius 1 is 1.21 bits per heavy atom. The number of carbonyl (C=O) groups is 1. The average Bonchev–Trinajstić information content (AvgIpc) is 2.80. The molecule has 0 bridgehead atoms. The van der Waals surface area contributed by atoms with Gasteiger partial charge in [-0.3, -0.25) is 0 Å². The Labute approximate surface area is 114 Å². The Morgan fingerprint density at radius 3 is 2.42 bits per heavy atom. The molecule has 1 aromatic heterocycles. The predicted molar refractivity (Wildman–Crippen MR) is 72.9 cm³/mol. The van der Waals surface area contributed by atoms with E-state index in [0.29, 0.717) is 12.2 Å². The maximum Gasteiger partial charge on any atom is 0.358 e. The van der Waals surface area contributed by atoms with Gasteiger partial charge in [0, 0.05) is 13.1 Å². The molecule has 0 aliphatic heterocycles. The molecule has 6 heteroatoms. The van der Waals surface area contributed by atoms with E-state index in [9.17, 15) is 4.79 Å². The van der Waals surface area contributed by atoms with Crippen molar-refractivity contribution in [3.8, 4) is 0 Å². The molecule has 1 rings (SSSR count). The first-order chi connectivity index (χ1) is 9.20. The molecule has 0 spiro atoms. The Kier molecular flexibility index (Phi) is 7.10. The number of nitrogens with zero attached hydrogens (tertiary/aromatic N) is 3. The normalized spacial score (nSPS) is 10.8. The minimum absolute atomic E-state index is 0.0227. The van der Waals surface area contributed by atoms with Crippen molar-refractivity contribution in [2.45, 2.75) is 65.0 Å². The molecular formula is C13H24N4O2. The fourth-order valence-corrected chi connectivity index (χ4v) is 2.10. The summed E-state index contributed by atoms with van der Waals surface area (Å²) in [6.45, 7) is 3.06. The van der Waals surface area contributed by atoms with Crippen LogP contribution in [0.1, 0.15) is 68.1 Å². The van der Waals surface area contributed by atoms with Crippen molar-refractivity contribution in [1.29, 1.82) is 0 Å². The van der Waals surface area contributed by atoms with E-state index in [-0.39, 0.29) is 12.2 Å². The van der Waals surface area contributed by atoms with Crippen LogP contribution < -0.4 is 5.73 Å². The van der Waals surface area contributed by atoms with Crippen LogP contribution in [0, 0.1) is 0 Å². The first-order valence-electron chi connectivity index (χ1n) is 7.06. The van der Waals surface area contributed by atoms with E-state index in [1.165, 1.54) is 32.1 Å². The number of nitrogens with two attached hydrogens (primary N) is 1. The maximum absolute atomic E-state index is 10.9. The number of carboxylic acids is 1. The van der Waals surface area contributed by atoms with Crippen molar-refractivity contribution in [2.75, 3.05) is 0 Å². The van der Waals surface area contributed by atoms with Gasteiger partial charge in [0.15, 0.2) is 5.69 Å². The van der Waals surface area contributed by atoms with Crippen molar-refractivity contribution < 1.29 is 9.90 Å². The van der Waals surface area contributed by atoms with Gasteiger partial charge in [-0.1, -0.05) is 50.7 Å². The molecule has 0 saturated carbocycles. The number of hydrogen-bond donors (Lipinski definition) is 2. The molecule has 0 radical (unpaired) electrons. The number of rotatable bonds is 10. The molecule has 0 unspecified atom stereocenters. The Hall–Kier alpha value is -1.43. The number of aryl methyl sites for hydroxylation is 1. The summed E-state index contributed by atoms with van der Waals surface area (Å²) in [6, 6.07) is 0. The lowest BCUT2D eigenvalue weighted by Gasteiger charge is -2.05. The van der Waals surface area contributed by atoms with Gasteiger partial charge in [0.05, 0.1) is 5.69 Å². The standard InChI is InChI=1S/C13H24N4O2/c1-2-3-4-5-6-7-8-9-17-11(10-14)12(13(18)19)15-16-17/h2-10,14H2,1H3,(H,18,19). The molecule has 0 aliphatic rings. The third-order valence-electron chi connectivity index (χ3n) is 3.21. The third kappa shape index (κ3) is 4.98. The van der Waals surface area contributed by atoms with Crippen LogP contribution >= 0.6 is 0 Å². The predicted octanol–water partition coefficient (Wildman–Crippen LogP) is 2.19. The first kappa shape index (κ1) is 15.6. The van der Waals surface area contributed by atoms with Crippen LogP contribution in [0.4, 0.5) is 0 Å². The van der Waals surface area contributed by atoms with E-state index in [1.807, 2.05) is 0 Å². The monoisotopic (exact) mass is 268 g/mol. The van der Waals surface area contributed by atoms with Crippen LogP contribution in [-0.2, 0) is 13.1 Å². The molecule has 108 valence electrons. The summed E-state index contributed by atoms with van der Waals surface area (Å²) in [4.78, 5) is 10.9. The van der Waals surface area contributed by atoms with E-state index < -0.39 is 5.97 Å². The second-order valence-corrected chi connectivity index (χ2v) is 4.74. The minimum atomic E-state index is -1.06. The number of aromatic carboxylic acids is 1. The SMILES string of the molecule is CCCCCCCCCn1nnc(C(=O)O)c1CN. The fourth-order valence-electron chi connectivity index (χ4n) is 2.10. The number of aromatic nitrogens is 3. The molecule has 0 aromatic carbocycles. The number of unbranched alkanes of at least 4 members (excludes halogenated alkanes) is 6. The minimum Gasteiger partial charge on any atom is -0.476 e. The highest BCUT2D eigenvalue weighted by Gasteiger charge is 2.16. The highest BCUT2D eigenvalue weighted by Crippen LogP contribution is 2.10. The Morgan fingerprint density at radius 2 is 1.84 bits per heavy atom. The summed E-state index contributed by atoms with van der Waals surface area (Å²) >= 11 is 0. The highest BCUT2D eigenvalue weighted by molar-refractivity contribution is 5.86. The summed E-state index contributed by atoms with van der Waals surface area (Å²) in [7, 11) is 0. The lowest BCUT2D eigenvalue weighted by Crippen LogP contribution is -2.12. The van der Waals surface area contributed by atoms with Crippen molar-refractivity contribution in [3.05, 3.63) is 11.4 Å². The average molecular weight is 268 g/mol. The molecule has 6 nitrogen and oxygen atoms in total. The van der Waals surface area contributed by atoms with Gasteiger partial charge in [-0.25, -0.2) is 9.48 Å². The van der Waals surface area contributed by atoms with E-state index >= 15 is 0 Å². The van der Waals surface area contributed by atoms with Crippen LogP contribution in [0.2, 0.25) is 0 Å². The lowest BCUT2D eigenvalue weighted by atomic mass is 10.1. The lowest BCUT2D eigenvalue weighted by molar-refractivity contribution is 0.0689. The summed E-state index contributed by atoms with van der Waals surface area (Å²) in [5, 5.41) is 16.5. The maximum atomic E-state index is 10.9. The van der Waals surface area contributed by atoms with E-state index in [2.05, 4.69) is 17.2 Å². The van der Waals surface area contributed by atoms with Gasteiger partial charge in [0.2, 0.25) is 0 Å². The summed E-state index contributed by atoms with van der Waals surface area (Å²) in [5.41, 5.74) is 6.04. The van der Waals surface area contributed by atoms with Crippen molar-refractivity contribution in [3.63, 3.8) is 0 Å². The number of carboxylic acid groups (broad SMARTS) is 1. The third-order valence-corrected chi connectivity index (χ3v) is 3.21. The molecular weight excluding hydrogens is 244 g/mol. The van der Waals surface area contributed by atoms with Gasteiger partial charge in [-0.05, 0) is 6.42 Å². The Balaban J connectivity index is 2.31. The van der Waals surface area contributed by atoms with Crippen molar-refractivity contribution in [2.24, 2.45) is 5.73 Å². The summed E-state index contributed by atoms with van der Waals surface area (Å²) in [6.07, 6.45) is 8.49. The van der Waals surface area contributed by atoms with Gasteiger partial charge in [-0.15, -0.1) is 5.10 Å². The van der Waals surface area contributed by atoms with Crippen LogP contribution in [0.15, 0.2) is 0 Å². The summed E-state index contributed by atoms with van der Waals surface area (Å²) < 4.78 is 1.62. The van der Waals surface area contributed by atoms with E-state index in [4.69, 9.17) is 10.8 Å².